The van der Waals surface area contributed by atoms with E-state index < -0.39 is 17.0 Å². The first-order valence-corrected chi connectivity index (χ1v) is 10.7. The number of aryl methyl sites for hydroxylation is 1. The number of ether oxygens (including phenoxy) is 1. The van der Waals surface area contributed by atoms with E-state index in [9.17, 15) is 14.0 Å². The maximum atomic E-state index is 15.0. The molecule has 0 saturated carbocycles. The quantitative estimate of drug-likeness (QED) is 0.458. The number of carbonyl (C=O) groups is 1. The maximum absolute atomic E-state index is 15.0. The van der Waals surface area contributed by atoms with E-state index in [1.165, 1.54) is 11.6 Å². The smallest absolute Gasteiger partial charge is 0.410 e. The van der Waals surface area contributed by atoms with Crippen molar-refractivity contribution in [2.75, 3.05) is 13.1 Å². The Hall–Kier alpha value is -2.13. The van der Waals surface area contributed by atoms with Gasteiger partial charge in [0.15, 0.2) is 11.3 Å². The third kappa shape index (κ3) is 3.37. The van der Waals surface area contributed by atoms with Gasteiger partial charge in [0.2, 0.25) is 0 Å². The van der Waals surface area contributed by atoms with E-state index in [-0.39, 0.29) is 32.7 Å². The van der Waals surface area contributed by atoms with Crippen LogP contribution in [0.1, 0.15) is 33.2 Å². The van der Waals surface area contributed by atoms with Gasteiger partial charge in [0.25, 0.3) is 5.56 Å². The summed E-state index contributed by atoms with van der Waals surface area (Å²) in [5.41, 5.74) is -0.0872. The Balaban J connectivity index is 1.83. The van der Waals surface area contributed by atoms with E-state index >= 15 is 0 Å². The van der Waals surface area contributed by atoms with Crippen LogP contribution in [0.5, 0.6) is 0 Å². The van der Waals surface area contributed by atoms with Crippen LogP contribution in [0, 0.1) is 5.82 Å². The molecule has 160 valence electrons. The molecule has 4 rings (SSSR count). The molecule has 0 N–H and O–H groups in total. The Kier molecular flexibility index (Phi) is 5.09. The van der Waals surface area contributed by atoms with Crippen LogP contribution in [-0.4, -0.2) is 43.8 Å². The van der Waals surface area contributed by atoms with E-state index in [1.54, 1.807) is 17.3 Å². The lowest BCUT2D eigenvalue weighted by Gasteiger charge is -2.24. The molecule has 1 aliphatic heterocycles. The van der Waals surface area contributed by atoms with E-state index in [0.717, 1.165) is 0 Å². The Morgan fingerprint density at radius 2 is 2.07 bits per heavy atom. The molecule has 7 nitrogen and oxygen atoms in total. The van der Waals surface area contributed by atoms with E-state index in [0.29, 0.717) is 30.4 Å². The lowest BCUT2D eigenvalue weighted by atomic mass is 10.1. The minimum absolute atomic E-state index is 0.106. The summed E-state index contributed by atoms with van der Waals surface area (Å²) in [5.74, 6) is -0.603. The number of carbonyl (C=O) groups excluding carboxylic acids is 1. The number of hydrogen-bond donors (Lipinski definition) is 0. The second kappa shape index (κ2) is 7.23. The Labute approximate surface area is 185 Å². The number of rotatable bonds is 1. The van der Waals surface area contributed by atoms with Crippen molar-refractivity contribution in [2.45, 2.75) is 38.8 Å². The van der Waals surface area contributed by atoms with Crippen molar-refractivity contribution in [1.29, 1.82) is 0 Å². The first-order valence-electron chi connectivity index (χ1n) is 9.50. The Morgan fingerprint density at radius 1 is 1.37 bits per heavy atom. The second-order valence-electron chi connectivity index (χ2n) is 8.46. The lowest BCUT2D eigenvalue weighted by molar-refractivity contribution is 0.0289. The van der Waals surface area contributed by atoms with Gasteiger partial charge >= 0.3 is 6.09 Å². The summed E-state index contributed by atoms with van der Waals surface area (Å²) in [6, 6.07) is 1.51. The van der Waals surface area contributed by atoms with E-state index in [4.69, 9.17) is 16.3 Å². The van der Waals surface area contributed by atoms with Crippen LogP contribution < -0.4 is 5.56 Å². The number of hydrogen-bond acceptors (Lipinski definition) is 4. The molecule has 1 aromatic carbocycles. The van der Waals surface area contributed by atoms with Crippen LogP contribution >= 0.6 is 27.5 Å². The van der Waals surface area contributed by atoms with Crippen molar-refractivity contribution in [2.24, 2.45) is 7.05 Å². The number of likely N-dealkylation sites (tertiary alicyclic amines) is 1. The molecule has 3 heterocycles. The maximum Gasteiger partial charge on any atom is 0.410 e. The average Bonchev–Trinajstić information content (AvgIpc) is 3.29. The molecule has 1 saturated heterocycles. The number of halogens is 3. The Bertz CT molecular complexity index is 1250. The van der Waals surface area contributed by atoms with Crippen LogP contribution in [0.3, 0.4) is 0 Å². The van der Waals surface area contributed by atoms with Crippen LogP contribution in [0.4, 0.5) is 9.18 Å². The number of aromatic nitrogens is 3. The van der Waals surface area contributed by atoms with Crippen molar-refractivity contribution in [3.05, 3.63) is 38.1 Å². The topological polar surface area (TPSA) is 69.4 Å². The molecule has 1 aliphatic rings. The van der Waals surface area contributed by atoms with Gasteiger partial charge in [-0.1, -0.05) is 11.6 Å². The molecular weight excluding hydrogens is 479 g/mol. The van der Waals surface area contributed by atoms with Crippen molar-refractivity contribution in [3.8, 4) is 0 Å². The fourth-order valence-electron chi connectivity index (χ4n) is 3.88. The standard InChI is InChI=1S/C20H21BrClFN4O3/c1-20(2,3)30-19(29)26-6-5-10(8-26)27-9-24-15-17(27)11-7-12(22)13(21)14(23)16(11)25(4)18(15)28/h7,9-10H,5-6,8H2,1-4H3. The van der Waals surface area contributed by atoms with Crippen molar-refractivity contribution in [1.82, 2.24) is 19.0 Å². The predicted octanol–water partition coefficient (Wildman–Crippen LogP) is 4.63. The summed E-state index contributed by atoms with van der Waals surface area (Å²) in [4.78, 5) is 31.2. The molecule has 1 fully saturated rings. The zero-order chi connectivity index (χ0) is 22.0. The number of pyridine rings is 1. The summed E-state index contributed by atoms with van der Waals surface area (Å²) in [5, 5.41) is 0.695. The molecule has 3 aromatic rings. The molecule has 0 bridgehead atoms. The molecule has 1 unspecified atom stereocenters. The third-order valence-corrected chi connectivity index (χ3v) is 6.54. The molecule has 30 heavy (non-hydrogen) atoms. The number of amides is 1. The van der Waals surface area contributed by atoms with Gasteiger partial charge in [0.1, 0.15) is 5.60 Å². The van der Waals surface area contributed by atoms with Gasteiger partial charge in [0, 0.05) is 25.5 Å². The lowest BCUT2D eigenvalue weighted by Crippen LogP contribution is -2.35. The molecule has 2 aromatic heterocycles. The zero-order valence-electron chi connectivity index (χ0n) is 17.0. The fraction of sp³-hybridized carbons (Fsp3) is 0.450. The Morgan fingerprint density at radius 3 is 2.73 bits per heavy atom. The minimum Gasteiger partial charge on any atom is -0.444 e. The first-order chi connectivity index (χ1) is 14.0. The van der Waals surface area contributed by atoms with E-state index in [1.807, 2.05) is 25.3 Å². The highest BCUT2D eigenvalue weighted by atomic mass is 79.9. The summed E-state index contributed by atoms with van der Waals surface area (Å²) in [6.45, 7) is 6.38. The van der Waals surface area contributed by atoms with Gasteiger partial charge < -0.3 is 18.8 Å². The van der Waals surface area contributed by atoms with E-state index in [2.05, 4.69) is 20.9 Å². The predicted molar refractivity (Wildman–Crippen MR) is 117 cm³/mol. The number of fused-ring (bicyclic) bond motifs is 3. The molecule has 0 spiro atoms. The fourth-order valence-corrected chi connectivity index (χ4v) is 4.37. The normalized spacial score (nSPS) is 17.3. The summed E-state index contributed by atoms with van der Waals surface area (Å²) in [7, 11) is 1.51. The molecule has 0 radical (unpaired) electrons. The van der Waals surface area contributed by atoms with Crippen molar-refractivity contribution >= 4 is 55.6 Å². The molecule has 0 aliphatic carbocycles. The van der Waals surface area contributed by atoms with Crippen LogP contribution in [0.25, 0.3) is 21.9 Å². The van der Waals surface area contributed by atoms with Gasteiger partial charge in [-0.2, -0.15) is 0 Å². The monoisotopic (exact) mass is 498 g/mol. The molecule has 1 atom stereocenters. The van der Waals surface area contributed by atoms with Crippen molar-refractivity contribution in [3.63, 3.8) is 0 Å². The number of imidazole rings is 1. The van der Waals surface area contributed by atoms with Gasteiger partial charge in [-0.15, -0.1) is 0 Å². The molecular formula is C20H21BrClFN4O3. The number of benzene rings is 1. The average molecular weight is 500 g/mol. The zero-order valence-corrected chi connectivity index (χ0v) is 19.3. The van der Waals surface area contributed by atoms with Crippen molar-refractivity contribution < 1.29 is 13.9 Å². The highest BCUT2D eigenvalue weighted by Gasteiger charge is 2.32. The number of nitrogens with zero attached hydrogens (tertiary/aromatic N) is 4. The highest BCUT2D eigenvalue weighted by Crippen LogP contribution is 2.36. The van der Waals surface area contributed by atoms with Gasteiger partial charge in [-0.3, -0.25) is 4.79 Å². The van der Waals surface area contributed by atoms with Gasteiger partial charge in [0.05, 0.1) is 32.9 Å². The SMILES string of the molecule is Cn1c(=O)c2ncn(C3CCN(C(=O)OC(C)(C)C)C3)c2c2cc(Cl)c(Br)c(F)c21. The largest absolute Gasteiger partial charge is 0.444 e. The summed E-state index contributed by atoms with van der Waals surface area (Å²) >= 11 is 9.36. The van der Waals surface area contributed by atoms with Crippen LogP contribution in [0.2, 0.25) is 5.02 Å². The van der Waals surface area contributed by atoms with Gasteiger partial charge in [-0.05, 0) is 49.2 Å². The van der Waals surface area contributed by atoms with Crippen LogP contribution in [-0.2, 0) is 11.8 Å². The second-order valence-corrected chi connectivity index (χ2v) is 9.66. The van der Waals surface area contributed by atoms with Crippen LogP contribution in [0.15, 0.2) is 21.7 Å². The molecule has 1 amide bonds. The highest BCUT2D eigenvalue weighted by molar-refractivity contribution is 9.10. The molecule has 10 heteroatoms. The third-order valence-electron chi connectivity index (χ3n) is 5.24. The minimum atomic E-state index is -0.603. The summed E-state index contributed by atoms with van der Waals surface area (Å²) in [6.07, 6.45) is 1.85. The summed E-state index contributed by atoms with van der Waals surface area (Å²) < 4.78 is 23.6. The first kappa shape index (κ1) is 21.1. The van der Waals surface area contributed by atoms with Gasteiger partial charge in [-0.25, -0.2) is 14.2 Å².